The molecule has 0 saturated carbocycles. The first-order valence-corrected chi connectivity index (χ1v) is 7.36. The van der Waals surface area contributed by atoms with Crippen LogP contribution in [0.1, 0.15) is 22.5 Å². The number of hydrogen-bond donors (Lipinski definition) is 1. The number of halogens is 3. The quantitative estimate of drug-likeness (QED) is 0.823. The molecule has 0 aliphatic heterocycles. The van der Waals surface area contributed by atoms with E-state index in [9.17, 15) is 13.2 Å². The van der Waals surface area contributed by atoms with Crippen molar-refractivity contribution in [1.29, 1.82) is 0 Å². The second-order valence-electron chi connectivity index (χ2n) is 4.83. The summed E-state index contributed by atoms with van der Waals surface area (Å²) in [4.78, 5) is 0. The molecule has 0 aliphatic rings. The summed E-state index contributed by atoms with van der Waals surface area (Å²) in [6, 6.07) is 12.9. The Morgan fingerprint density at radius 2 is 1.86 bits per heavy atom. The first kappa shape index (κ1) is 16.8. The molecule has 2 nitrogen and oxygen atoms in total. The van der Waals surface area contributed by atoms with E-state index in [4.69, 9.17) is 4.74 Å². The average Bonchev–Trinajstić information content (AvgIpc) is 2.52. The maximum Gasteiger partial charge on any atom is 0.416 e. The minimum Gasteiger partial charge on any atom is -0.497 e. The Morgan fingerprint density at radius 1 is 1.14 bits per heavy atom. The molecule has 0 radical (unpaired) electrons. The summed E-state index contributed by atoms with van der Waals surface area (Å²) in [5, 5.41) is 3.19. The number of alkyl halides is 3. The van der Waals surface area contributed by atoms with Gasteiger partial charge in [-0.3, -0.25) is 0 Å². The van der Waals surface area contributed by atoms with Crippen molar-refractivity contribution in [3.8, 4) is 5.75 Å². The van der Waals surface area contributed by atoms with E-state index in [1.807, 2.05) is 24.3 Å². The fourth-order valence-corrected chi connectivity index (χ4v) is 2.36. The van der Waals surface area contributed by atoms with Gasteiger partial charge in [-0.15, -0.1) is 9.24 Å². The molecule has 2 atom stereocenters. The molecule has 0 aromatic heterocycles. The summed E-state index contributed by atoms with van der Waals surface area (Å²) < 4.78 is 43.2. The maximum absolute atomic E-state index is 12.7. The third kappa shape index (κ3) is 4.46. The Hall–Kier alpha value is -1.58. The molecule has 0 amide bonds. The lowest BCUT2D eigenvalue weighted by atomic mass is 10.1. The maximum atomic E-state index is 12.7. The Morgan fingerprint density at radius 3 is 2.55 bits per heavy atom. The molecular formula is C16H17F3NOP. The normalized spacial score (nSPS) is 13.0. The van der Waals surface area contributed by atoms with Gasteiger partial charge in [0.1, 0.15) is 5.75 Å². The highest BCUT2D eigenvalue weighted by molar-refractivity contribution is 7.17. The molecule has 2 aromatic rings. The van der Waals surface area contributed by atoms with Crippen molar-refractivity contribution in [2.45, 2.75) is 18.5 Å². The molecule has 0 heterocycles. The highest BCUT2D eigenvalue weighted by atomic mass is 31.0. The van der Waals surface area contributed by atoms with Gasteiger partial charge in [-0.1, -0.05) is 30.3 Å². The van der Waals surface area contributed by atoms with E-state index in [0.717, 1.165) is 23.4 Å². The third-order valence-electron chi connectivity index (χ3n) is 3.23. The molecule has 0 fully saturated rings. The summed E-state index contributed by atoms with van der Waals surface area (Å²) in [6.45, 7) is 0.343. The van der Waals surface area contributed by atoms with E-state index in [2.05, 4.69) is 14.6 Å². The number of hydrogen-bond acceptors (Lipinski definition) is 2. The van der Waals surface area contributed by atoms with Crippen molar-refractivity contribution in [1.82, 2.24) is 5.32 Å². The molecule has 6 heteroatoms. The van der Waals surface area contributed by atoms with Gasteiger partial charge in [-0.05, 0) is 29.3 Å². The highest BCUT2D eigenvalue weighted by Crippen LogP contribution is 2.30. The van der Waals surface area contributed by atoms with Gasteiger partial charge in [-0.2, -0.15) is 13.2 Å². The number of ether oxygens (including phenoxy) is 1. The fraction of sp³-hybridized carbons (Fsp3) is 0.250. The molecule has 1 N–H and O–H groups in total. The largest absolute Gasteiger partial charge is 0.497 e. The summed E-state index contributed by atoms with van der Waals surface area (Å²) in [5.74, 6) is 0.662. The molecule has 0 saturated heterocycles. The molecule has 2 rings (SSSR count). The number of methoxy groups -OCH3 is 1. The highest BCUT2D eigenvalue weighted by Gasteiger charge is 2.30. The number of nitrogens with one attached hydrogen (secondary N) is 1. The Kier molecular flexibility index (Phi) is 5.43. The topological polar surface area (TPSA) is 21.3 Å². The Bertz CT molecular complexity index is 631. The Balaban J connectivity index is 2.03. The van der Waals surface area contributed by atoms with E-state index >= 15 is 0 Å². The van der Waals surface area contributed by atoms with Gasteiger partial charge in [0.15, 0.2) is 0 Å². The summed E-state index contributed by atoms with van der Waals surface area (Å²) in [6.07, 6.45) is -4.32. The van der Waals surface area contributed by atoms with Crippen LogP contribution in [0.2, 0.25) is 0 Å². The van der Waals surface area contributed by atoms with Crippen LogP contribution < -0.4 is 10.1 Å². The molecule has 118 valence electrons. The van der Waals surface area contributed by atoms with Crippen molar-refractivity contribution >= 4 is 9.24 Å². The number of rotatable bonds is 5. The first-order valence-electron chi connectivity index (χ1n) is 6.69. The van der Waals surface area contributed by atoms with Crippen LogP contribution in [0.25, 0.3) is 0 Å². The van der Waals surface area contributed by atoms with Crippen molar-refractivity contribution < 1.29 is 17.9 Å². The predicted octanol–water partition coefficient (Wildman–Crippen LogP) is 4.38. The second-order valence-corrected chi connectivity index (χ2v) is 5.50. The van der Waals surface area contributed by atoms with E-state index < -0.39 is 11.7 Å². The average molecular weight is 327 g/mol. The SMILES string of the molecule is COc1cccc(C(P)NCc2cccc(C(F)(F)F)c2)c1. The molecule has 0 spiro atoms. The van der Waals surface area contributed by atoms with Gasteiger partial charge in [0.25, 0.3) is 0 Å². The van der Waals surface area contributed by atoms with Crippen molar-refractivity contribution in [3.05, 3.63) is 65.2 Å². The van der Waals surface area contributed by atoms with Crippen LogP contribution >= 0.6 is 9.24 Å². The van der Waals surface area contributed by atoms with E-state index in [-0.39, 0.29) is 5.78 Å². The summed E-state index contributed by atoms with van der Waals surface area (Å²) in [7, 11) is 4.22. The van der Waals surface area contributed by atoms with Gasteiger partial charge in [-0.25, -0.2) is 0 Å². The van der Waals surface area contributed by atoms with Crippen LogP contribution in [0.3, 0.4) is 0 Å². The minimum absolute atomic E-state index is 0.0790. The lowest BCUT2D eigenvalue weighted by Crippen LogP contribution is -2.16. The standard InChI is InChI=1S/C16H17F3NOP/c1-21-14-7-3-5-12(9-14)15(22)20-10-11-4-2-6-13(8-11)16(17,18)19/h2-9,15,20H,10,22H2,1H3. The van der Waals surface area contributed by atoms with Gasteiger partial charge in [0, 0.05) is 12.3 Å². The third-order valence-corrected chi connectivity index (χ3v) is 3.85. The van der Waals surface area contributed by atoms with Crippen LogP contribution in [0.4, 0.5) is 13.2 Å². The lowest BCUT2D eigenvalue weighted by molar-refractivity contribution is -0.137. The molecule has 0 bridgehead atoms. The van der Waals surface area contributed by atoms with E-state index in [0.29, 0.717) is 12.1 Å². The predicted molar refractivity (Wildman–Crippen MR) is 83.7 cm³/mol. The van der Waals surface area contributed by atoms with Crippen LogP contribution in [-0.4, -0.2) is 7.11 Å². The molecule has 22 heavy (non-hydrogen) atoms. The van der Waals surface area contributed by atoms with Gasteiger partial charge >= 0.3 is 6.18 Å². The zero-order valence-corrected chi connectivity index (χ0v) is 13.2. The van der Waals surface area contributed by atoms with E-state index in [1.54, 1.807) is 13.2 Å². The smallest absolute Gasteiger partial charge is 0.416 e. The van der Waals surface area contributed by atoms with E-state index in [1.165, 1.54) is 6.07 Å². The lowest BCUT2D eigenvalue weighted by Gasteiger charge is -2.16. The van der Waals surface area contributed by atoms with Crippen molar-refractivity contribution in [2.75, 3.05) is 7.11 Å². The van der Waals surface area contributed by atoms with Gasteiger partial charge in [0.05, 0.1) is 12.7 Å². The summed E-state index contributed by atoms with van der Waals surface area (Å²) >= 11 is 0. The molecular weight excluding hydrogens is 310 g/mol. The monoisotopic (exact) mass is 327 g/mol. The number of benzene rings is 2. The molecule has 0 aliphatic carbocycles. The Labute approximate surface area is 129 Å². The van der Waals surface area contributed by atoms with Gasteiger partial charge in [0.2, 0.25) is 0 Å². The zero-order chi connectivity index (χ0) is 16.2. The van der Waals surface area contributed by atoms with Gasteiger partial charge < -0.3 is 10.1 Å². The molecule has 2 unspecified atom stereocenters. The van der Waals surface area contributed by atoms with Crippen molar-refractivity contribution in [3.63, 3.8) is 0 Å². The first-order chi connectivity index (χ1) is 10.4. The second kappa shape index (κ2) is 7.12. The van der Waals surface area contributed by atoms with Crippen LogP contribution in [0, 0.1) is 0 Å². The summed E-state index contributed by atoms with van der Waals surface area (Å²) in [5.41, 5.74) is 0.940. The fourth-order valence-electron chi connectivity index (χ4n) is 2.04. The zero-order valence-electron chi connectivity index (χ0n) is 12.0. The van der Waals surface area contributed by atoms with Crippen LogP contribution in [0.15, 0.2) is 48.5 Å². The van der Waals surface area contributed by atoms with Crippen LogP contribution in [0.5, 0.6) is 5.75 Å². The molecule has 2 aromatic carbocycles. The van der Waals surface area contributed by atoms with Crippen molar-refractivity contribution in [2.24, 2.45) is 0 Å². The van der Waals surface area contributed by atoms with Crippen LogP contribution in [-0.2, 0) is 12.7 Å². The minimum atomic E-state index is -4.32.